The molecule has 0 aromatic rings. The van der Waals surface area contributed by atoms with Crippen LogP contribution in [0.5, 0.6) is 0 Å². The third-order valence-electron chi connectivity index (χ3n) is 5.90. The second kappa shape index (κ2) is 4.77. The second-order valence-corrected chi connectivity index (χ2v) is 8.09. The van der Waals surface area contributed by atoms with Crippen molar-refractivity contribution in [3.05, 3.63) is 0 Å². The molecular weight excluding hydrogens is 234 g/mol. The molecule has 2 heteroatoms. The highest BCUT2D eigenvalue weighted by atomic mass is 16.3. The summed E-state index contributed by atoms with van der Waals surface area (Å²) in [7, 11) is 0. The van der Waals surface area contributed by atoms with Gasteiger partial charge in [-0.05, 0) is 49.4 Å². The standard InChI is InChI=1S/C17H29NO/c1-13-6-5-7-16(10-13,12-18)17(19)9-8-15(3,4)11-14(17)2/h13-14,19H,5-11H2,1-4H3. The molecule has 0 amide bonds. The van der Waals surface area contributed by atoms with Crippen LogP contribution in [-0.2, 0) is 0 Å². The molecule has 2 aliphatic rings. The van der Waals surface area contributed by atoms with E-state index in [1.54, 1.807) is 0 Å². The third-order valence-corrected chi connectivity index (χ3v) is 5.90. The molecule has 4 unspecified atom stereocenters. The van der Waals surface area contributed by atoms with Gasteiger partial charge in [0.2, 0.25) is 0 Å². The quantitative estimate of drug-likeness (QED) is 0.767. The topological polar surface area (TPSA) is 44.0 Å². The molecule has 0 aromatic carbocycles. The van der Waals surface area contributed by atoms with E-state index in [-0.39, 0.29) is 5.92 Å². The van der Waals surface area contributed by atoms with E-state index in [9.17, 15) is 10.4 Å². The van der Waals surface area contributed by atoms with E-state index >= 15 is 0 Å². The van der Waals surface area contributed by atoms with E-state index < -0.39 is 11.0 Å². The Bertz CT molecular complexity index is 383. The maximum atomic E-state index is 11.3. The molecule has 19 heavy (non-hydrogen) atoms. The number of aliphatic hydroxyl groups is 1. The summed E-state index contributed by atoms with van der Waals surface area (Å²) >= 11 is 0. The van der Waals surface area contributed by atoms with Gasteiger partial charge in [0.15, 0.2) is 0 Å². The van der Waals surface area contributed by atoms with E-state index in [2.05, 4.69) is 33.8 Å². The summed E-state index contributed by atoms with van der Waals surface area (Å²) in [5.74, 6) is 0.792. The Morgan fingerprint density at radius 1 is 1.11 bits per heavy atom. The van der Waals surface area contributed by atoms with E-state index in [1.165, 1.54) is 6.42 Å². The molecule has 1 N–H and O–H groups in total. The summed E-state index contributed by atoms with van der Waals surface area (Å²) < 4.78 is 0. The van der Waals surface area contributed by atoms with Gasteiger partial charge in [0.1, 0.15) is 0 Å². The van der Waals surface area contributed by atoms with E-state index in [4.69, 9.17) is 0 Å². The number of hydrogen-bond donors (Lipinski definition) is 1. The lowest BCUT2D eigenvalue weighted by atomic mass is 9.52. The molecular formula is C17H29NO. The fraction of sp³-hybridized carbons (Fsp3) is 0.941. The molecule has 0 radical (unpaired) electrons. The molecule has 2 rings (SSSR count). The zero-order chi connectivity index (χ0) is 14.3. The lowest BCUT2D eigenvalue weighted by Gasteiger charge is -2.54. The first-order chi connectivity index (χ1) is 8.75. The van der Waals surface area contributed by atoms with Crippen LogP contribution in [0.25, 0.3) is 0 Å². The van der Waals surface area contributed by atoms with Crippen molar-refractivity contribution >= 4 is 0 Å². The van der Waals surface area contributed by atoms with Crippen molar-refractivity contribution in [3.63, 3.8) is 0 Å². The van der Waals surface area contributed by atoms with E-state index in [1.807, 2.05) is 0 Å². The maximum Gasteiger partial charge on any atom is 0.0865 e. The van der Waals surface area contributed by atoms with Crippen LogP contribution in [0, 0.1) is 34.0 Å². The van der Waals surface area contributed by atoms with Gasteiger partial charge in [-0.1, -0.05) is 40.5 Å². The summed E-state index contributed by atoms with van der Waals surface area (Å²) in [4.78, 5) is 0. The van der Waals surface area contributed by atoms with Gasteiger partial charge >= 0.3 is 0 Å². The molecule has 0 heterocycles. The lowest BCUT2D eigenvalue weighted by molar-refractivity contribution is -0.154. The van der Waals surface area contributed by atoms with Gasteiger partial charge < -0.3 is 5.11 Å². The average Bonchev–Trinajstić information content (AvgIpc) is 2.33. The van der Waals surface area contributed by atoms with Gasteiger partial charge in [-0.3, -0.25) is 0 Å². The zero-order valence-electron chi connectivity index (χ0n) is 13.0. The number of hydrogen-bond acceptors (Lipinski definition) is 2. The summed E-state index contributed by atoms with van der Waals surface area (Å²) in [5, 5.41) is 21.2. The van der Waals surface area contributed by atoms with Crippen LogP contribution in [0.1, 0.15) is 72.6 Å². The van der Waals surface area contributed by atoms with Crippen molar-refractivity contribution in [2.45, 2.75) is 78.2 Å². The van der Waals surface area contributed by atoms with Crippen molar-refractivity contribution in [3.8, 4) is 6.07 Å². The van der Waals surface area contributed by atoms with Gasteiger partial charge in [0.25, 0.3) is 0 Å². The maximum absolute atomic E-state index is 11.3. The molecule has 0 spiro atoms. The van der Waals surface area contributed by atoms with Crippen molar-refractivity contribution in [1.29, 1.82) is 5.26 Å². The SMILES string of the molecule is CC1CCCC(C#N)(C2(O)CCC(C)(C)CC2C)C1. The Morgan fingerprint density at radius 3 is 2.32 bits per heavy atom. The molecule has 2 nitrogen and oxygen atoms in total. The zero-order valence-corrected chi connectivity index (χ0v) is 13.0. The molecule has 2 saturated carbocycles. The van der Waals surface area contributed by atoms with Crippen molar-refractivity contribution in [1.82, 2.24) is 0 Å². The minimum atomic E-state index is -0.772. The first kappa shape index (κ1) is 14.9. The fourth-order valence-corrected chi connectivity index (χ4v) is 4.73. The minimum absolute atomic E-state index is 0.223. The predicted octanol–water partition coefficient (Wildman–Crippen LogP) is 4.28. The molecule has 2 aliphatic carbocycles. The Balaban J connectivity index is 2.29. The van der Waals surface area contributed by atoms with Gasteiger partial charge in [-0.15, -0.1) is 0 Å². The predicted molar refractivity (Wildman–Crippen MR) is 77.4 cm³/mol. The van der Waals surface area contributed by atoms with Gasteiger partial charge in [0, 0.05) is 0 Å². The molecule has 4 atom stereocenters. The van der Waals surface area contributed by atoms with Crippen molar-refractivity contribution < 1.29 is 5.11 Å². The molecule has 0 bridgehead atoms. The van der Waals surface area contributed by atoms with Crippen LogP contribution in [0.3, 0.4) is 0 Å². The van der Waals surface area contributed by atoms with Gasteiger partial charge in [0.05, 0.1) is 17.1 Å². The summed E-state index contributed by atoms with van der Waals surface area (Å²) in [6.45, 7) is 8.95. The fourth-order valence-electron chi connectivity index (χ4n) is 4.73. The molecule has 0 aromatic heterocycles. The van der Waals surface area contributed by atoms with Crippen LogP contribution >= 0.6 is 0 Å². The monoisotopic (exact) mass is 263 g/mol. The third kappa shape index (κ3) is 2.42. The lowest BCUT2D eigenvalue weighted by Crippen LogP contribution is -2.57. The first-order valence-electron chi connectivity index (χ1n) is 7.88. The van der Waals surface area contributed by atoms with Crippen molar-refractivity contribution in [2.24, 2.45) is 22.7 Å². The summed E-state index contributed by atoms with van der Waals surface area (Å²) in [6, 6.07) is 2.57. The molecule has 0 saturated heterocycles. The van der Waals surface area contributed by atoms with E-state index in [0.717, 1.165) is 38.5 Å². The van der Waals surface area contributed by atoms with Crippen LogP contribution in [0.15, 0.2) is 0 Å². The second-order valence-electron chi connectivity index (χ2n) is 8.09. The normalized spacial score (nSPS) is 46.5. The van der Waals surface area contributed by atoms with E-state index in [0.29, 0.717) is 11.3 Å². The highest BCUT2D eigenvalue weighted by Crippen LogP contribution is 2.56. The molecule has 108 valence electrons. The van der Waals surface area contributed by atoms with Crippen LogP contribution in [0.2, 0.25) is 0 Å². The Hall–Kier alpha value is -0.550. The minimum Gasteiger partial charge on any atom is -0.388 e. The molecule has 0 aliphatic heterocycles. The number of nitrogens with zero attached hydrogens (tertiary/aromatic N) is 1. The number of nitriles is 1. The Kier molecular flexibility index (Phi) is 3.73. The average molecular weight is 263 g/mol. The summed E-state index contributed by atoms with van der Waals surface area (Å²) in [6.07, 6.45) is 6.92. The highest BCUT2D eigenvalue weighted by Gasteiger charge is 2.57. The number of rotatable bonds is 1. The Labute approximate surface area is 118 Å². The summed E-state index contributed by atoms with van der Waals surface area (Å²) in [5.41, 5.74) is -0.963. The Morgan fingerprint density at radius 2 is 1.79 bits per heavy atom. The van der Waals surface area contributed by atoms with Crippen LogP contribution in [-0.4, -0.2) is 10.7 Å². The largest absolute Gasteiger partial charge is 0.388 e. The first-order valence-corrected chi connectivity index (χ1v) is 7.88. The highest BCUT2D eigenvalue weighted by molar-refractivity contribution is 5.16. The van der Waals surface area contributed by atoms with Crippen LogP contribution < -0.4 is 0 Å². The smallest absolute Gasteiger partial charge is 0.0865 e. The van der Waals surface area contributed by atoms with Gasteiger partial charge in [-0.25, -0.2) is 0 Å². The van der Waals surface area contributed by atoms with Crippen molar-refractivity contribution in [2.75, 3.05) is 0 Å². The molecule has 2 fully saturated rings. The van der Waals surface area contributed by atoms with Crippen LogP contribution in [0.4, 0.5) is 0 Å². The van der Waals surface area contributed by atoms with Gasteiger partial charge in [-0.2, -0.15) is 5.26 Å².